The van der Waals surface area contributed by atoms with Gasteiger partial charge >= 0.3 is 0 Å². The number of halogens is 2. The Hall–Kier alpha value is -3.56. The topological polar surface area (TPSA) is 79.0 Å². The summed E-state index contributed by atoms with van der Waals surface area (Å²) in [5, 5.41) is 9.53. The van der Waals surface area contributed by atoms with Crippen molar-refractivity contribution in [2.24, 2.45) is 5.92 Å². The lowest BCUT2D eigenvalue weighted by Crippen LogP contribution is -2.60. The number of nitriles is 1. The predicted molar refractivity (Wildman–Crippen MR) is 120 cm³/mol. The summed E-state index contributed by atoms with van der Waals surface area (Å²) in [5.41, 5.74) is -1.01. The fraction of sp³-hybridized carbons (Fsp3) is 0.333. The average molecular weight is 464 g/mol. The van der Waals surface area contributed by atoms with Crippen molar-refractivity contribution < 1.29 is 13.6 Å². The van der Waals surface area contributed by atoms with Gasteiger partial charge in [0.2, 0.25) is 5.91 Å². The van der Waals surface area contributed by atoms with E-state index in [-0.39, 0.29) is 36.5 Å². The molecule has 1 aromatic carbocycles. The lowest BCUT2D eigenvalue weighted by Gasteiger charge is -2.42. The fourth-order valence-corrected chi connectivity index (χ4v) is 4.85. The minimum Gasteiger partial charge on any atom is -0.335 e. The number of nitrogens with zero attached hydrogens (tertiary/aromatic N) is 4. The third-order valence-corrected chi connectivity index (χ3v) is 6.73. The zero-order valence-corrected chi connectivity index (χ0v) is 18.5. The summed E-state index contributed by atoms with van der Waals surface area (Å²) < 4.78 is 28.9. The van der Waals surface area contributed by atoms with Gasteiger partial charge in [-0.25, -0.2) is 13.8 Å². The second-order valence-corrected chi connectivity index (χ2v) is 9.68. The molecule has 5 rings (SSSR count). The number of likely N-dealkylation sites (tertiary alicyclic amines) is 1. The Bertz CT molecular complexity index is 1460. The first-order valence-electron chi connectivity index (χ1n) is 10.5. The summed E-state index contributed by atoms with van der Waals surface area (Å²) in [6.07, 6.45) is 3.37. The molecule has 2 aliphatic rings. The first-order chi connectivity index (χ1) is 15.8. The number of rotatable bonds is 3. The van der Waals surface area contributed by atoms with Crippen LogP contribution in [0, 0.1) is 34.9 Å². The van der Waals surface area contributed by atoms with Crippen LogP contribution in [0.25, 0.3) is 21.3 Å². The van der Waals surface area contributed by atoms with Gasteiger partial charge in [-0.05, 0) is 37.5 Å². The molecule has 1 aliphatic heterocycles. The number of aromatic nitrogens is 2. The van der Waals surface area contributed by atoms with Gasteiger partial charge in [-0.1, -0.05) is 17.9 Å². The molecular weight excluding hydrogens is 446 g/mol. The molecule has 1 saturated heterocycles. The maximum absolute atomic E-state index is 13.9. The number of fused-ring (bicyclic) bond motifs is 1. The normalized spacial score (nSPS) is 16.6. The zero-order valence-electron chi connectivity index (χ0n) is 17.7. The van der Waals surface area contributed by atoms with E-state index < -0.39 is 17.0 Å². The van der Waals surface area contributed by atoms with E-state index in [1.165, 1.54) is 52.3 Å². The van der Waals surface area contributed by atoms with Crippen LogP contribution in [0.1, 0.15) is 30.2 Å². The minimum absolute atomic E-state index is 0.00657. The molecule has 0 bridgehead atoms. The Morgan fingerprint density at radius 1 is 1.36 bits per heavy atom. The van der Waals surface area contributed by atoms with Crippen LogP contribution >= 0.6 is 11.3 Å². The molecule has 9 heteroatoms. The van der Waals surface area contributed by atoms with Crippen LogP contribution in [0.5, 0.6) is 0 Å². The molecule has 0 radical (unpaired) electrons. The van der Waals surface area contributed by atoms with Crippen molar-refractivity contribution >= 4 is 27.5 Å². The van der Waals surface area contributed by atoms with Crippen molar-refractivity contribution in [1.82, 2.24) is 14.5 Å². The van der Waals surface area contributed by atoms with E-state index in [4.69, 9.17) is 0 Å². The predicted octanol–water partition coefficient (Wildman–Crippen LogP) is 3.47. The largest absolute Gasteiger partial charge is 0.335 e. The van der Waals surface area contributed by atoms with Gasteiger partial charge in [0.25, 0.3) is 5.56 Å². The van der Waals surface area contributed by atoms with Crippen LogP contribution in [-0.4, -0.2) is 39.1 Å². The molecule has 33 heavy (non-hydrogen) atoms. The number of alkyl halides is 1. The van der Waals surface area contributed by atoms with Crippen LogP contribution in [0.4, 0.5) is 8.78 Å². The van der Waals surface area contributed by atoms with E-state index in [1.54, 1.807) is 0 Å². The Kier molecular flexibility index (Phi) is 5.02. The minimum atomic E-state index is -1.40. The second-order valence-electron chi connectivity index (χ2n) is 8.68. The first-order valence-corrected chi connectivity index (χ1v) is 11.3. The first kappa shape index (κ1) is 21.3. The molecule has 0 N–H and O–H groups in total. The molecule has 0 spiro atoms. The highest BCUT2D eigenvalue weighted by Gasteiger charge is 2.41. The summed E-state index contributed by atoms with van der Waals surface area (Å²) in [5.74, 6) is 5.62. The number of thiophene rings is 1. The van der Waals surface area contributed by atoms with Crippen molar-refractivity contribution in [3.63, 3.8) is 0 Å². The average Bonchev–Trinajstić information content (AvgIpc) is 3.52. The van der Waals surface area contributed by atoms with Crippen molar-refractivity contribution in [3.05, 3.63) is 51.1 Å². The van der Waals surface area contributed by atoms with E-state index in [9.17, 15) is 23.6 Å². The molecule has 1 aliphatic carbocycles. The van der Waals surface area contributed by atoms with Gasteiger partial charge in [-0.3, -0.25) is 14.2 Å². The lowest BCUT2D eigenvalue weighted by molar-refractivity contribution is -0.144. The van der Waals surface area contributed by atoms with Gasteiger partial charge in [-0.15, -0.1) is 11.3 Å². The molecule has 0 unspecified atom stereocenters. The summed E-state index contributed by atoms with van der Waals surface area (Å²) in [4.78, 5) is 32.7. The molecule has 166 valence electrons. The number of hydrogen-bond acceptors (Lipinski definition) is 5. The van der Waals surface area contributed by atoms with Gasteiger partial charge in [-0.2, -0.15) is 5.26 Å². The highest BCUT2D eigenvalue weighted by Crippen LogP contribution is 2.37. The smallest absolute Gasteiger partial charge is 0.263 e. The highest BCUT2D eigenvalue weighted by atomic mass is 32.1. The molecule has 1 saturated carbocycles. The third-order valence-electron chi connectivity index (χ3n) is 5.72. The number of carbonyl (C=O) groups excluding carboxylic acids is 1. The van der Waals surface area contributed by atoms with Gasteiger partial charge in [0, 0.05) is 11.5 Å². The second kappa shape index (κ2) is 7.79. The lowest BCUT2D eigenvalue weighted by atomic mass is 9.99. The quantitative estimate of drug-likeness (QED) is 0.556. The number of amides is 1. The SMILES string of the molecule is CC1(F)CN(C(=O)Cn2cnc3sc(C#CC4CC4)c(-c4ccc(F)c(C#N)c4)c3c2=O)C1. The molecular formula is C24H18F2N4O2S. The van der Waals surface area contributed by atoms with E-state index in [1.807, 2.05) is 6.07 Å². The standard InChI is InChI=1S/C24H18F2N4O2S/c1-24(26)11-30(12-24)19(31)10-29-13-28-22-21(23(29)32)20(18(33-22)7-4-14-2-3-14)15-5-6-17(25)16(8-15)9-27/h5-6,8,13-14H,2-3,10-12H2,1H3. The summed E-state index contributed by atoms with van der Waals surface area (Å²) in [7, 11) is 0. The van der Waals surface area contributed by atoms with E-state index >= 15 is 0 Å². The van der Waals surface area contributed by atoms with Gasteiger partial charge in [0.1, 0.15) is 28.9 Å². The Balaban J connectivity index is 1.62. The Morgan fingerprint density at radius 3 is 2.79 bits per heavy atom. The molecule has 3 aromatic rings. The number of hydrogen-bond donors (Lipinski definition) is 0. The van der Waals surface area contributed by atoms with Crippen molar-refractivity contribution in [1.29, 1.82) is 5.26 Å². The maximum atomic E-state index is 13.9. The fourth-order valence-electron chi connectivity index (χ4n) is 3.84. The van der Waals surface area contributed by atoms with E-state index in [0.717, 1.165) is 12.8 Å². The summed E-state index contributed by atoms with van der Waals surface area (Å²) in [6, 6.07) is 5.90. The zero-order chi connectivity index (χ0) is 23.3. The van der Waals surface area contributed by atoms with Crippen molar-refractivity contribution in [2.75, 3.05) is 13.1 Å². The van der Waals surface area contributed by atoms with Crippen LogP contribution in [0.15, 0.2) is 29.3 Å². The number of benzene rings is 1. The molecule has 6 nitrogen and oxygen atoms in total. The van der Waals surface area contributed by atoms with E-state index in [2.05, 4.69) is 16.8 Å². The van der Waals surface area contributed by atoms with Crippen molar-refractivity contribution in [2.45, 2.75) is 32.0 Å². The molecule has 0 atom stereocenters. The molecule has 2 aromatic heterocycles. The molecule has 1 amide bonds. The Morgan fingerprint density at radius 2 is 2.12 bits per heavy atom. The van der Waals surface area contributed by atoms with Crippen LogP contribution in [0.3, 0.4) is 0 Å². The van der Waals surface area contributed by atoms with Gasteiger partial charge < -0.3 is 4.90 Å². The monoisotopic (exact) mass is 464 g/mol. The third kappa shape index (κ3) is 4.01. The van der Waals surface area contributed by atoms with Crippen molar-refractivity contribution in [3.8, 4) is 29.0 Å². The summed E-state index contributed by atoms with van der Waals surface area (Å²) in [6.45, 7) is 1.15. The van der Waals surface area contributed by atoms with Gasteiger partial charge in [0.15, 0.2) is 0 Å². The van der Waals surface area contributed by atoms with Gasteiger partial charge in [0.05, 0.1) is 35.2 Å². The Labute approximate surface area is 192 Å². The van der Waals surface area contributed by atoms with Crippen LogP contribution in [-0.2, 0) is 11.3 Å². The number of carbonyl (C=O) groups is 1. The van der Waals surface area contributed by atoms with Crippen LogP contribution < -0.4 is 5.56 Å². The van der Waals surface area contributed by atoms with Crippen LogP contribution in [0.2, 0.25) is 0 Å². The molecule has 2 fully saturated rings. The van der Waals surface area contributed by atoms with E-state index in [0.29, 0.717) is 26.8 Å². The highest BCUT2D eigenvalue weighted by molar-refractivity contribution is 7.19. The maximum Gasteiger partial charge on any atom is 0.263 e. The molecule has 3 heterocycles. The summed E-state index contributed by atoms with van der Waals surface area (Å²) >= 11 is 1.25.